The van der Waals surface area contributed by atoms with Gasteiger partial charge >= 0.3 is 0 Å². The summed E-state index contributed by atoms with van der Waals surface area (Å²) in [6, 6.07) is 14.7. The van der Waals surface area contributed by atoms with Crippen molar-refractivity contribution in [3.8, 4) is 5.75 Å². The van der Waals surface area contributed by atoms with Gasteiger partial charge in [-0.05, 0) is 29.2 Å². The summed E-state index contributed by atoms with van der Waals surface area (Å²) in [6.07, 6.45) is 0. The molecular formula is C19H23ClN2O2. The van der Waals surface area contributed by atoms with Gasteiger partial charge in [-0.1, -0.05) is 61.8 Å². The van der Waals surface area contributed by atoms with Gasteiger partial charge in [0.2, 0.25) is 5.91 Å². The molecular weight excluding hydrogens is 324 g/mol. The standard InChI is InChI=1S/C19H23ClN2O2/c1-13(2)18(21)19(23)22-11-14-7-3-4-8-15(14)12-24-17-10-6-5-9-16(17)20/h3-10,13,18H,11-12,21H2,1-2H3,(H,22,23)/t18-/m1/s1. The Morgan fingerprint density at radius 1 is 1.12 bits per heavy atom. The summed E-state index contributed by atoms with van der Waals surface area (Å²) < 4.78 is 5.79. The summed E-state index contributed by atoms with van der Waals surface area (Å²) in [5.74, 6) is 0.593. The lowest BCUT2D eigenvalue weighted by atomic mass is 10.0. The molecule has 0 saturated heterocycles. The van der Waals surface area contributed by atoms with E-state index in [-0.39, 0.29) is 11.8 Å². The third-order valence-corrected chi connectivity index (χ3v) is 4.12. The van der Waals surface area contributed by atoms with Crippen LogP contribution >= 0.6 is 11.6 Å². The smallest absolute Gasteiger partial charge is 0.237 e. The Morgan fingerprint density at radius 2 is 1.75 bits per heavy atom. The number of para-hydroxylation sites is 1. The SMILES string of the molecule is CC(C)[C@@H](N)C(=O)NCc1ccccc1COc1ccccc1Cl. The first-order chi connectivity index (χ1) is 11.5. The Balaban J connectivity index is 2.00. The number of nitrogens with one attached hydrogen (secondary N) is 1. The van der Waals surface area contributed by atoms with E-state index in [1.54, 1.807) is 6.07 Å². The maximum Gasteiger partial charge on any atom is 0.237 e. The normalized spacial score (nSPS) is 12.0. The average Bonchev–Trinajstić information content (AvgIpc) is 2.59. The minimum absolute atomic E-state index is 0.101. The molecule has 0 aliphatic heterocycles. The van der Waals surface area contributed by atoms with Crippen LogP contribution in [-0.2, 0) is 17.9 Å². The minimum Gasteiger partial charge on any atom is -0.487 e. The molecule has 0 bridgehead atoms. The van der Waals surface area contributed by atoms with Crippen LogP contribution in [0.4, 0.5) is 0 Å². The van der Waals surface area contributed by atoms with Gasteiger partial charge < -0.3 is 15.8 Å². The molecule has 1 amide bonds. The number of benzene rings is 2. The first-order valence-corrected chi connectivity index (χ1v) is 8.34. The van der Waals surface area contributed by atoms with Crippen LogP contribution in [0.2, 0.25) is 5.02 Å². The first-order valence-electron chi connectivity index (χ1n) is 7.96. The van der Waals surface area contributed by atoms with E-state index in [0.29, 0.717) is 23.9 Å². The van der Waals surface area contributed by atoms with E-state index in [4.69, 9.17) is 22.1 Å². The second-order valence-corrected chi connectivity index (χ2v) is 6.38. The number of amides is 1. The Kier molecular flexibility index (Phi) is 6.64. The molecule has 2 aromatic rings. The summed E-state index contributed by atoms with van der Waals surface area (Å²) in [4.78, 5) is 12.0. The fourth-order valence-corrected chi connectivity index (χ4v) is 2.38. The van der Waals surface area contributed by atoms with E-state index in [9.17, 15) is 4.79 Å². The molecule has 0 aromatic heterocycles. The van der Waals surface area contributed by atoms with Crippen LogP contribution in [0.5, 0.6) is 5.75 Å². The summed E-state index contributed by atoms with van der Waals surface area (Å²) >= 11 is 6.10. The lowest BCUT2D eigenvalue weighted by molar-refractivity contribution is -0.123. The van der Waals surface area contributed by atoms with Crippen molar-refractivity contribution in [2.24, 2.45) is 11.7 Å². The van der Waals surface area contributed by atoms with Crippen molar-refractivity contribution >= 4 is 17.5 Å². The van der Waals surface area contributed by atoms with Crippen molar-refractivity contribution in [3.05, 3.63) is 64.7 Å². The van der Waals surface area contributed by atoms with Crippen LogP contribution in [0.3, 0.4) is 0 Å². The molecule has 0 saturated carbocycles. The van der Waals surface area contributed by atoms with Crippen molar-refractivity contribution < 1.29 is 9.53 Å². The van der Waals surface area contributed by atoms with Crippen LogP contribution in [0.15, 0.2) is 48.5 Å². The molecule has 0 spiro atoms. The molecule has 0 heterocycles. The van der Waals surface area contributed by atoms with Gasteiger partial charge in [0.25, 0.3) is 0 Å². The van der Waals surface area contributed by atoms with Crippen LogP contribution < -0.4 is 15.8 Å². The Hall–Kier alpha value is -2.04. The quantitative estimate of drug-likeness (QED) is 0.806. The molecule has 3 N–H and O–H groups in total. The number of halogens is 1. The van der Waals surface area contributed by atoms with E-state index in [1.807, 2.05) is 56.3 Å². The number of carbonyl (C=O) groups is 1. The van der Waals surface area contributed by atoms with Gasteiger partial charge in [0.1, 0.15) is 12.4 Å². The molecule has 4 nitrogen and oxygen atoms in total. The Morgan fingerprint density at radius 3 is 2.42 bits per heavy atom. The average molecular weight is 347 g/mol. The molecule has 5 heteroatoms. The van der Waals surface area contributed by atoms with Crippen LogP contribution in [0.25, 0.3) is 0 Å². The number of rotatable bonds is 7. The Labute approximate surface area is 148 Å². The number of nitrogens with two attached hydrogens (primary N) is 1. The Bertz CT molecular complexity index is 689. The minimum atomic E-state index is -0.503. The fraction of sp³-hybridized carbons (Fsp3) is 0.316. The molecule has 1 atom stereocenters. The number of carbonyl (C=O) groups excluding carboxylic acids is 1. The molecule has 2 rings (SSSR count). The molecule has 0 aliphatic rings. The third-order valence-electron chi connectivity index (χ3n) is 3.81. The third kappa shape index (κ3) is 4.98. The van der Waals surface area contributed by atoms with Crippen LogP contribution in [0, 0.1) is 5.92 Å². The predicted molar refractivity (Wildman–Crippen MR) is 96.9 cm³/mol. The highest BCUT2D eigenvalue weighted by Crippen LogP contribution is 2.24. The lowest BCUT2D eigenvalue weighted by Crippen LogP contribution is -2.43. The number of hydrogen-bond acceptors (Lipinski definition) is 3. The van der Waals surface area contributed by atoms with E-state index < -0.39 is 6.04 Å². The molecule has 0 radical (unpaired) electrons. The fourth-order valence-electron chi connectivity index (χ4n) is 2.19. The van der Waals surface area contributed by atoms with Crippen molar-refractivity contribution in [2.75, 3.05) is 0 Å². The van der Waals surface area contributed by atoms with E-state index >= 15 is 0 Å². The van der Waals surface area contributed by atoms with Gasteiger partial charge in [-0.25, -0.2) is 0 Å². The molecule has 2 aromatic carbocycles. The second-order valence-electron chi connectivity index (χ2n) is 5.98. The predicted octanol–water partition coefficient (Wildman–Crippen LogP) is 3.52. The summed E-state index contributed by atoms with van der Waals surface area (Å²) in [6.45, 7) is 4.65. The highest BCUT2D eigenvalue weighted by atomic mass is 35.5. The van der Waals surface area contributed by atoms with Crippen molar-refractivity contribution in [1.29, 1.82) is 0 Å². The summed E-state index contributed by atoms with van der Waals surface area (Å²) in [5, 5.41) is 3.46. The van der Waals surface area contributed by atoms with E-state index in [0.717, 1.165) is 11.1 Å². The van der Waals surface area contributed by atoms with Crippen LogP contribution in [-0.4, -0.2) is 11.9 Å². The molecule has 0 unspecified atom stereocenters. The monoisotopic (exact) mass is 346 g/mol. The lowest BCUT2D eigenvalue weighted by Gasteiger charge is -2.17. The van der Waals surface area contributed by atoms with Crippen molar-refractivity contribution in [3.63, 3.8) is 0 Å². The highest BCUT2D eigenvalue weighted by Gasteiger charge is 2.17. The zero-order valence-corrected chi connectivity index (χ0v) is 14.7. The zero-order chi connectivity index (χ0) is 17.5. The van der Waals surface area contributed by atoms with Gasteiger partial charge in [-0.3, -0.25) is 4.79 Å². The second kappa shape index (κ2) is 8.71. The van der Waals surface area contributed by atoms with Gasteiger partial charge in [0.15, 0.2) is 0 Å². The largest absolute Gasteiger partial charge is 0.487 e. The molecule has 24 heavy (non-hydrogen) atoms. The number of ether oxygens (including phenoxy) is 1. The molecule has 128 valence electrons. The van der Waals surface area contributed by atoms with Crippen molar-refractivity contribution in [1.82, 2.24) is 5.32 Å². The maximum atomic E-state index is 12.0. The maximum absolute atomic E-state index is 12.0. The molecule has 0 aliphatic carbocycles. The molecule has 0 fully saturated rings. The van der Waals surface area contributed by atoms with Crippen LogP contribution in [0.1, 0.15) is 25.0 Å². The number of hydrogen-bond donors (Lipinski definition) is 2. The zero-order valence-electron chi connectivity index (χ0n) is 14.0. The summed E-state index contributed by atoms with van der Waals surface area (Å²) in [7, 11) is 0. The van der Waals surface area contributed by atoms with E-state index in [1.165, 1.54) is 0 Å². The topological polar surface area (TPSA) is 64.4 Å². The van der Waals surface area contributed by atoms with E-state index in [2.05, 4.69) is 5.32 Å². The van der Waals surface area contributed by atoms with Crippen molar-refractivity contribution in [2.45, 2.75) is 33.0 Å². The van der Waals surface area contributed by atoms with Gasteiger partial charge in [0.05, 0.1) is 11.1 Å². The first kappa shape index (κ1) is 18.3. The highest BCUT2D eigenvalue weighted by molar-refractivity contribution is 6.32. The van der Waals surface area contributed by atoms with Gasteiger partial charge in [-0.2, -0.15) is 0 Å². The summed E-state index contributed by atoms with van der Waals surface area (Å²) in [5.41, 5.74) is 7.85. The van der Waals surface area contributed by atoms with Gasteiger partial charge in [0, 0.05) is 6.54 Å². The van der Waals surface area contributed by atoms with Gasteiger partial charge in [-0.15, -0.1) is 0 Å².